The van der Waals surface area contributed by atoms with Crippen molar-refractivity contribution in [2.24, 2.45) is 5.92 Å². The lowest BCUT2D eigenvalue weighted by atomic mass is 9.97. The van der Waals surface area contributed by atoms with E-state index in [1.165, 1.54) is 19.4 Å². The minimum absolute atomic E-state index is 0.0860. The van der Waals surface area contributed by atoms with Gasteiger partial charge in [0.1, 0.15) is 0 Å². The molecule has 2 atom stereocenters. The van der Waals surface area contributed by atoms with Crippen LogP contribution in [0.15, 0.2) is 0 Å². The molecule has 0 bridgehead atoms. The van der Waals surface area contributed by atoms with Crippen LogP contribution in [0.4, 0.5) is 4.79 Å². The second kappa shape index (κ2) is 9.19. The first-order valence-electron chi connectivity index (χ1n) is 7.92. The van der Waals surface area contributed by atoms with Crippen molar-refractivity contribution < 1.29 is 9.90 Å². The normalized spacial score (nSPS) is 21.8. The molecule has 0 aromatic rings. The van der Waals surface area contributed by atoms with Crippen LogP contribution in [0.5, 0.6) is 0 Å². The van der Waals surface area contributed by atoms with Crippen molar-refractivity contribution in [1.82, 2.24) is 15.5 Å². The Labute approximate surface area is 123 Å². The van der Waals surface area contributed by atoms with Crippen LogP contribution in [0.2, 0.25) is 0 Å². The zero-order valence-corrected chi connectivity index (χ0v) is 13.2. The van der Waals surface area contributed by atoms with Gasteiger partial charge in [-0.1, -0.05) is 0 Å². The number of aliphatic hydroxyl groups is 1. The van der Waals surface area contributed by atoms with E-state index in [0.29, 0.717) is 12.0 Å². The average molecular weight is 285 g/mol. The number of amides is 2. The summed E-state index contributed by atoms with van der Waals surface area (Å²) in [4.78, 5) is 14.3. The average Bonchev–Trinajstić information content (AvgIpc) is 2.43. The fourth-order valence-corrected chi connectivity index (χ4v) is 2.71. The smallest absolute Gasteiger partial charge is 0.315 e. The van der Waals surface area contributed by atoms with Gasteiger partial charge in [-0.15, -0.1) is 0 Å². The summed E-state index contributed by atoms with van der Waals surface area (Å²) in [5, 5.41) is 14.7. The molecule has 1 aliphatic rings. The predicted octanol–water partition coefficient (Wildman–Crippen LogP) is 1.57. The summed E-state index contributed by atoms with van der Waals surface area (Å²) in [7, 11) is 0. The maximum absolute atomic E-state index is 11.8. The van der Waals surface area contributed by atoms with Gasteiger partial charge in [0.25, 0.3) is 0 Å². The van der Waals surface area contributed by atoms with E-state index in [1.54, 1.807) is 0 Å². The van der Waals surface area contributed by atoms with Crippen molar-refractivity contribution in [3.63, 3.8) is 0 Å². The predicted molar refractivity (Wildman–Crippen MR) is 81.7 cm³/mol. The van der Waals surface area contributed by atoms with Gasteiger partial charge in [0.05, 0.1) is 0 Å². The van der Waals surface area contributed by atoms with Gasteiger partial charge in [0.2, 0.25) is 0 Å². The maximum Gasteiger partial charge on any atom is 0.315 e. The van der Waals surface area contributed by atoms with E-state index < -0.39 is 0 Å². The Morgan fingerprint density at radius 3 is 2.80 bits per heavy atom. The Morgan fingerprint density at radius 2 is 2.15 bits per heavy atom. The molecule has 118 valence electrons. The summed E-state index contributed by atoms with van der Waals surface area (Å²) in [6, 6.07) is 0.614. The van der Waals surface area contributed by atoms with Crippen molar-refractivity contribution in [2.45, 2.75) is 58.5 Å². The largest absolute Gasteiger partial charge is 0.396 e. The molecule has 0 saturated carbocycles. The summed E-state index contributed by atoms with van der Waals surface area (Å²) >= 11 is 0. The van der Waals surface area contributed by atoms with E-state index in [9.17, 15) is 4.79 Å². The van der Waals surface area contributed by atoms with Crippen LogP contribution in [-0.4, -0.2) is 54.4 Å². The molecule has 0 spiro atoms. The number of carbonyl (C=O) groups is 1. The summed E-state index contributed by atoms with van der Waals surface area (Å²) < 4.78 is 0. The lowest BCUT2D eigenvalue weighted by Gasteiger charge is -2.35. The van der Waals surface area contributed by atoms with Gasteiger partial charge in [-0.05, 0) is 58.9 Å². The SMILES string of the molecule is CC(CCCO)NC(=O)NCC1CCCN(C(C)C)C1. The van der Waals surface area contributed by atoms with Crippen LogP contribution in [0.25, 0.3) is 0 Å². The molecular weight excluding hydrogens is 254 g/mol. The molecule has 1 fully saturated rings. The van der Waals surface area contributed by atoms with Crippen LogP contribution >= 0.6 is 0 Å². The number of urea groups is 1. The van der Waals surface area contributed by atoms with Crippen molar-refractivity contribution in [3.05, 3.63) is 0 Å². The zero-order valence-electron chi connectivity index (χ0n) is 13.2. The minimum Gasteiger partial charge on any atom is -0.396 e. The van der Waals surface area contributed by atoms with Gasteiger partial charge in [-0.3, -0.25) is 0 Å². The number of rotatable bonds is 7. The van der Waals surface area contributed by atoms with Crippen LogP contribution in [0.3, 0.4) is 0 Å². The topological polar surface area (TPSA) is 64.6 Å². The second-order valence-electron chi connectivity index (χ2n) is 6.22. The van der Waals surface area contributed by atoms with Gasteiger partial charge in [0, 0.05) is 31.8 Å². The Morgan fingerprint density at radius 1 is 1.40 bits per heavy atom. The van der Waals surface area contributed by atoms with Gasteiger partial charge in [0.15, 0.2) is 0 Å². The molecule has 0 aromatic heterocycles. The molecule has 0 aromatic carbocycles. The monoisotopic (exact) mass is 285 g/mol. The van der Waals surface area contributed by atoms with Gasteiger partial charge < -0.3 is 20.6 Å². The third-order valence-corrected chi connectivity index (χ3v) is 4.00. The van der Waals surface area contributed by atoms with E-state index in [-0.39, 0.29) is 18.7 Å². The zero-order chi connectivity index (χ0) is 15.0. The molecule has 2 unspecified atom stereocenters. The highest BCUT2D eigenvalue weighted by Crippen LogP contribution is 2.17. The summed E-state index contributed by atoms with van der Waals surface area (Å²) in [5.74, 6) is 0.560. The molecule has 1 saturated heterocycles. The summed E-state index contributed by atoms with van der Waals surface area (Å²) in [6.45, 7) is 9.62. The quantitative estimate of drug-likeness (QED) is 0.665. The standard InChI is InChI=1S/C15H31N3O2/c1-12(2)18-8-4-7-14(11-18)10-16-15(20)17-13(3)6-5-9-19/h12-14,19H,4-11H2,1-3H3,(H2,16,17,20). The fourth-order valence-electron chi connectivity index (χ4n) is 2.71. The second-order valence-corrected chi connectivity index (χ2v) is 6.22. The summed E-state index contributed by atoms with van der Waals surface area (Å²) in [6.07, 6.45) is 3.96. The van der Waals surface area contributed by atoms with Crippen molar-refractivity contribution in [1.29, 1.82) is 0 Å². The van der Waals surface area contributed by atoms with E-state index in [0.717, 1.165) is 25.9 Å². The molecule has 0 radical (unpaired) electrons. The molecule has 5 nitrogen and oxygen atoms in total. The third kappa shape index (κ3) is 6.57. The van der Waals surface area contributed by atoms with Gasteiger partial charge in [-0.25, -0.2) is 4.79 Å². The highest BCUT2D eigenvalue weighted by molar-refractivity contribution is 5.74. The van der Waals surface area contributed by atoms with Crippen molar-refractivity contribution >= 4 is 6.03 Å². The molecule has 20 heavy (non-hydrogen) atoms. The molecule has 0 aliphatic carbocycles. The first-order valence-corrected chi connectivity index (χ1v) is 7.92. The maximum atomic E-state index is 11.8. The van der Waals surface area contributed by atoms with Crippen molar-refractivity contribution in [2.75, 3.05) is 26.2 Å². The van der Waals surface area contributed by atoms with Crippen LogP contribution in [-0.2, 0) is 0 Å². The molecular formula is C15H31N3O2. The Bertz CT molecular complexity index is 284. The lowest BCUT2D eigenvalue weighted by molar-refractivity contribution is 0.139. The Hall–Kier alpha value is -0.810. The van der Waals surface area contributed by atoms with E-state index in [2.05, 4.69) is 29.4 Å². The fraction of sp³-hybridized carbons (Fsp3) is 0.933. The van der Waals surface area contributed by atoms with Crippen LogP contribution < -0.4 is 10.6 Å². The van der Waals surface area contributed by atoms with Gasteiger partial charge in [-0.2, -0.15) is 0 Å². The van der Waals surface area contributed by atoms with Crippen LogP contribution in [0, 0.1) is 5.92 Å². The molecule has 1 heterocycles. The lowest BCUT2D eigenvalue weighted by Crippen LogP contribution is -2.46. The number of likely N-dealkylation sites (tertiary alicyclic amines) is 1. The Kier molecular flexibility index (Phi) is 7.92. The summed E-state index contributed by atoms with van der Waals surface area (Å²) in [5.41, 5.74) is 0. The molecule has 3 N–H and O–H groups in total. The first-order chi connectivity index (χ1) is 9.52. The molecule has 1 aliphatic heterocycles. The van der Waals surface area contributed by atoms with Crippen molar-refractivity contribution in [3.8, 4) is 0 Å². The molecule has 1 rings (SSSR count). The van der Waals surface area contributed by atoms with Gasteiger partial charge >= 0.3 is 6.03 Å². The highest BCUT2D eigenvalue weighted by Gasteiger charge is 2.21. The number of nitrogens with zero attached hydrogens (tertiary/aromatic N) is 1. The van der Waals surface area contributed by atoms with E-state index in [1.807, 2.05) is 6.92 Å². The Balaban J connectivity index is 2.20. The number of hydrogen-bond donors (Lipinski definition) is 3. The highest BCUT2D eigenvalue weighted by atomic mass is 16.3. The number of carbonyl (C=O) groups excluding carboxylic acids is 1. The first kappa shape index (κ1) is 17.2. The number of piperidine rings is 1. The number of hydrogen-bond acceptors (Lipinski definition) is 3. The molecule has 2 amide bonds. The number of nitrogens with one attached hydrogen (secondary N) is 2. The van der Waals surface area contributed by atoms with E-state index >= 15 is 0 Å². The molecule has 5 heteroatoms. The van der Waals surface area contributed by atoms with Crippen LogP contribution in [0.1, 0.15) is 46.5 Å². The number of aliphatic hydroxyl groups excluding tert-OH is 1. The third-order valence-electron chi connectivity index (χ3n) is 4.00. The van der Waals surface area contributed by atoms with E-state index in [4.69, 9.17) is 5.11 Å². The minimum atomic E-state index is -0.0860.